The second-order valence-corrected chi connectivity index (χ2v) is 4.43. The lowest BCUT2D eigenvalue weighted by molar-refractivity contribution is -0.134. The number of piperidine rings is 1. The third-order valence-corrected chi connectivity index (χ3v) is 3.30. The molecule has 96 valence electrons. The number of likely N-dealkylation sites (tertiary alicyclic amines) is 1. The third kappa shape index (κ3) is 2.71. The first-order valence-electron chi connectivity index (χ1n) is 5.70. The maximum Gasteiger partial charge on any atom is 0.409 e. The molecule has 1 unspecified atom stereocenters. The first kappa shape index (κ1) is 13.8. The molecule has 1 aliphatic heterocycles. The van der Waals surface area contributed by atoms with E-state index in [0.29, 0.717) is 19.7 Å². The zero-order chi connectivity index (χ0) is 13.1. The summed E-state index contributed by atoms with van der Waals surface area (Å²) in [4.78, 5) is 13.0. The molecule has 1 saturated heterocycles. The molecular weight excluding hydrogens is 222 g/mol. The van der Waals surface area contributed by atoms with E-state index in [9.17, 15) is 15.0 Å². The van der Waals surface area contributed by atoms with E-state index >= 15 is 0 Å². The lowest BCUT2D eigenvalue weighted by Gasteiger charge is -2.43. The SMILES string of the molecule is C#CC(C)(O)C1(O)CCN(C(=O)OCC)CC1. The van der Waals surface area contributed by atoms with Crippen LogP contribution in [0.4, 0.5) is 4.79 Å². The summed E-state index contributed by atoms with van der Waals surface area (Å²) in [6.07, 6.45) is 5.28. The van der Waals surface area contributed by atoms with Crippen molar-refractivity contribution in [1.82, 2.24) is 4.90 Å². The standard InChI is InChI=1S/C12H19NO4/c1-4-11(3,15)12(16)6-8-13(9-7-12)10(14)17-5-2/h1,15-16H,5-9H2,2-3H3. The highest BCUT2D eigenvalue weighted by molar-refractivity contribution is 5.67. The van der Waals surface area contributed by atoms with Crippen LogP contribution in [0.25, 0.3) is 0 Å². The number of rotatable bonds is 2. The minimum Gasteiger partial charge on any atom is -0.450 e. The van der Waals surface area contributed by atoms with Crippen molar-refractivity contribution in [2.45, 2.75) is 37.9 Å². The monoisotopic (exact) mass is 241 g/mol. The molecule has 5 heteroatoms. The predicted octanol–water partition coefficient (Wildman–Crippen LogP) is 0.354. The van der Waals surface area contributed by atoms with Gasteiger partial charge in [-0.15, -0.1) is 6.42 Å². The van der Waals surface area contributed by atoms with Gasteiger partial charge in [-0.3, -0.25) is 0 Å². The Kier molecular flexibility index (Phi) is 4.02. The lowest BCUT2D eigenvalue weighted by Crippen LogP contribution is -2.58. The molecular formula is C12H19NO4. The molecule has 1 rings (SSSR count). The summed E-state index contributed by atoms with van der Waals surface area (Å²) >= 11 is 0. The van der Waals surface area contributed by atoms with Gasteiger partial charge < -0.3 is 19.8 Å². The maximum absolute atomic E-state index is 11.4. The van der Waals surface area contributed by atoms with Crippen LogP contribution < -0.4 is 0 Å². The molecule has 0 bridgehead atoms. The van der Waals surface area contributed by atoms with Gasteiger partial charge in [0.25, 0.3) is 0 Å². The van der Waals surface area contributed by atoms with E-state index in [1.807, 2.05) is 0 Å². The topological polar surface area (TPSA) is 70.0 Å². The molecule has 1 fully saturated rings. The number of aliphatic hydroxyl groups is 2. The van der Waals surface area contributed by atoms with E-state index < -0.39 is 17.3 Å². The molecule has 0 aromatic heterocycles. The molecule has 0 radical (unpaired) electrons. The van der Waals surface area contributed by atoms with E-state index in [1.54, 1.807) is 6.92 Å². The summed E-state index contributed by atoms with van der Waals surface area (Å²) in [5, 5.41) is 20.2. The van der Waals surface area contributed by atoms with Gasteiger partial charge in [0.2, 0.25) is 0 Å². The fourth-order valence-corrected chi connectivity index (χ4v) is 1.90. The van der Waals surface area contributed by atoms with Crippen molar-refractivity contribution in [1.29, 1.82) is 0 Å². The highest BCUT2D eigenvalue weighted by atomic mass is 16.6. The van der Waals surface area contributed by atoms with Crippen LogP contribution in [0.5, 0.6) is 0 Å². The summed E-state index contributed by atoms with van der Waals surface area (Å²) in [5.74, 6) is 2.19. The predicted molar refractivity (Wildman–Crippen MR) is 62.2 cm³/mol. The first-order valence-corrected chi connectivity index (χ1v) is 5.70. The van der Waals surface area contributed by atoms with Gasteiger partial charge in [0.15, 0.2) is 5.60 Å². The van der Waals surface area contributed by atoms with E-state index in [2.05, 4.69) is 5.92 Å². The van der Waals surface area contributed by atoms with E-state index in [4.69, 9.17) is 11.2 Å². The van der Waals surface area contributed by atoms with Crippen LogP contribution in [0, 0.1) is 12.3 Å². The maximum atomic E-state index is 11.4. The molecule has 17 heavy (non-hydrogen) atoms. The Hall–Kier alpha value is -1.25. The summed E-state index contributed by atoms with van der Waals surface area (Å²) in [7, 11) is 0. The van der Waals surface area contributed by atoms with Crippen LogP contribution in [-0.4, -0.2) is 52.1 Å². The van der Waals surface area contributed by atoms with Crippen molar-refractivity contribution in [2.24, 2.45) is 0 Å². The lowest BCUT2D eigenvalue weighted by atomic mass is 9.77. The van der Waals surface area contributed by atoms with Crippen molar-refractivity contribution in [3.8, 4) is 12.3 Å². The molecule has 1 amide bonds. The van der Waals surface area contributed by atoms with Gasteiger partial charge in [-0.05, 0) is 26.7 Å². The molecule has 0 aliphatic carbocycles. The van der Waals surface area contributed by atoms with Gasteiger partial charge >= 0.3 is 6.09 Å². The molecule has 1 aliphatic rings. The zero-order valence-electron chi connectivity index (χ0n) is 10.3. The van der Waals surface area contributed by atoms with Gasteiger partial charge in [0.05, 0.1) is 6.61 Å². The van der Waals surface area contributed by atoms with Crippen LogP contribution in [0.2, 0.25) is 0 Å². The van der Waals surface area contributed by atoms with Gasteiger partial charge in [-0.2, -0.15) is 0 Å². The van der Waals surface area contributed by atoms with Crippen LogP contribution in [0.15, 0.2) is 0 Å². The summed E-state index contributed by atoms with van der Waals surface area (Å²) in [6.45, 7) is 4.12. The Labute approximate surface area is 101 Å². The third-order valence-electron chi connectivity index (χ3n) is 3.30. The number of carbonyl (C=O) groups excluding carboxylic acids is 1. The quantitative estimate of drug-likeness (QED) is 0.685. The number of ether oxygens (including phenoxy) is 1. The minimum absolute atomic E-state index is 0.239. The second kappa shape index (κ2) is 4.94. The number of carbonyl (C=O) groups is 1. The molecule has 1 atom stereocenters. The van der Waals surface area contributed by atoms with Gasteiger partial charge in [-0.1, -0.05) is 5.92 Å². The molecule has 0 spiro atoms. The van der Waals surface area contributed by atoms with Crippen molar-refractivity contribution in [2.75, 3.05) is 19.7 Å². The molecule has 0 aromatic carbocycles. The molecule has 5 nitrogen and oxygen atoms in total. The highest BCUT2D eigenvalue weighted by Crippen LogP contribution is 2.32. The average Bonchev–Trinajstić information content (AvgIpc) is 2.30. The minimum atomic E-state index is -1.58. The Morgan fingerprint density at radius 3 is 2.53 bits per heavy atom. The largest absolute Gasteiger partial charge is 0.450 e. The summed E-state index contributed by atoms with van der Waals surface area (Å²) in [5.41, 5.74) is -2.92. The van der Waals surface area contributed by atoms with Crippen molar-refractivity contribution in [3.05, 3.63) is 0 Å². The molecule has 0 saturated carbocycles. The second-order valence-electron chi connectivity index (χ2n) is 4.43. The van der Waals surface area contributed by atoms with E-state index in [1.165, 1.54) is 11.8 Å². The molecule has 2 N–H and O–H groups in total. The van der Waals surface area contributed by atoms with Crippen LogP contribution in [-0.2, 0) is 4.74 Å². The number of hydrogen-bond acceptors (Lipinski definition) is 4. The van der Waals surface area contributed by atoms with E-state index in [0.717, 1.165) is 0 Å². The molecule has 1 heterocycles. The van der Waals surface area contributed by atoms with Gasteiger partial charge in [-0.25, -0.2) is 4.79 Å². The Balaban J connectivity index is 2.62. The van der Waals surface area contributed by atoms with Crippen molar-refractivity contribution < 1.29 is 19.7 Å². The van der Waals surface area contributed by atoms with Crippen LogP contribution in [0.3, 0.4) is 0 Å². The fraction of sp³-hybridized carbons (Fsp3) is 0.750. The smallest absolute Gasteiger partial charge is 0.409 e. The highest BCUT2D eigenvalue weighted by Gasteiger charge is 2.47. The van der Waals surface area contributed by atoms with Crippen LogP contribution in [0.1, 0.15) is 26.7 Å². The van der Waals surface area contributed by atoms with E-state index in [-0.39, 0.29) is 12.8 Å². The Bertz CT molecular complexity index is 324. The average molecular weight is 241 g/mol. The van der Waals surface area contributed by atoms with Gasteiger partial charge in [0.1, 0.15) is 5.60 Å². The zero-order valence-corrected chi connectivity index (χ0v) is 10.3. The molecule has 0 aromatic rings. The number of amides is 1. The number of nitrogens with zero attached hydrogens (tertiary/aromatic N) is 1. The Morgan fingerprint density at radius 2 is 2.12 bits per heavy atom. The fourth-order valence-electron chi connectivity index (χ4n) is 1.90. The van der Waals surface area contributed by atoms with Crippen molar-refractivity contribution in [3.63, 3.8) is 0 Å². The van der Waals surface area contributed by atoms with Crippen molar-refractivity contribution >= 4 is 6.09 Å². The van der Waals surface area contributed by atoms with Gasteiger partial charge in [0, 0.05) is 13.1 Å². The van der Waals surface area contributed by atoms with Crippen LogP contribution >= 0.6 is 0 Å². The number of terminal acetylenes is 1. The summed E-state index contributed by atoms with van der Waals surface area (Å²) < 4.78 is 4.86. The first-order chi connectivity index (χ1) is 7.86. The Morgan fingerprint density at radius 1 is 1.59 bits per heavy atom. The summed E-state index contributed by atoms with van der Waals surface area (Å²) in [6, 6.07) is 0. The number of hydrogen-bond donors (Lipinski definition) is 2. The normalized spacial score (nSPS) is 22.4.